The zero-order chi connectivity index (χ0) is 22.4. The Hall–Kier alpha value is -3.96. The first-order chi connectivity index (χ1) is 14.1. The minimum Gasteiger partial charge on any atom is -0.452 e. The second-order valence-corrected chi connectivity index (χ2v) is 5.83. The van der Waals surface area contributed by atoms with Gasteiger partial charge < -0.3 is 15.4 Å². The molecule has 0 aliphatic heterocycles. The average Bonchev–Trinajstić information content (AvgIpc) is 2.70. The number of carbonyl (C=O) groups excluding carboxylic acids is 3. The van der Waals surface area contributed by atoms with Crippen LogP contribution in [-0.4, -0.2) is 35.9 Å². The fourth-order valence-corrected chi connectivity index (χ4v) is 2.30. The summed E-state index contributed by atoms with van der Waals surface area (Å²) in [4.78, 5) is 45.6. The first-order valence-corrected chi connectivity index (χ1v) is 8.23. The van der Waals surface area contributed by atoms with Gasteiger partial charge in [-0.05, 0) is 25.1 Å². The van der Waals surface area contributed by atoms with Crippen LogP contribution in [0.25, 0.3) is 0 Å². The molecule has 0 atom stereocenters. The molecule has 0 bridgehead atoms. The third-order valence-electron chi connectivity index (χ3n) is 3.81. The molecule has 0 aromatic heterocycles. The summed E-state index contributed by atoms with van der Waals surface area (Å²) in [5, 5.41) is 14.9. The van der Waals surface area contributed by atoms with E-state index < -0.39 is 59.0 Å². The van der Waals surface area contributed by atoms with Crippen molar-refractivity contribution in [2.24, 2.45) is 0 Å². The third-order valence-corrected chi connectivity index (χ3v) is 3.81. The minimum absolute atomic E-state index is 0.0563. The number of nitro groups is 1. The van der Waals surface area contributed by atoms with Gasteiger partial charge in [0.05, 0.1) is 22.7 Å². The highest BCUT2D eigenvalue weighted by molar-refractivity contribution is 5.96. The molecule has 2 aromatic rings. The molecule has 9 nitrogen and oxygen atoms in total. The van der Waals surface area contributed by atoms with Crippen molar-refractivity contribution in [2.75, 3.05) is 18.5 Å². The Morgan fingerprint density at radius 1 is 1.07 bits per heavy atom. The Morgan fingerprint density at radius 2 is 1.77 bits per heavy atom. The molecule has 0 aliphatic carbocycles. The number of carbonyl (C=O) groups is 3. The van der Waals surface area contributed by atoms with E-state index in [1.165, 1.54) is 25.1 Å². The van der Waals surface area contributed by atoms with Crippen LogP contribution in [-0.2, 0) is 14.3 Å². The standard InChI is InChI=1S/C18H14F3N3O6/c1-9-10(3-2-4-13(9)24(28)29)18(27)30-8-15(26)22-7-14(25)23-12-6-5-11(19)16(20)17(12)21/h2-6H,7-8H2,1H3,(H,22,26)(H,23,25). The predicted molar refractivity (Wildman–Crippen MR) is 96.1 cm³/mol. The van der Waals surface area contributed by atoms with Crippen LogP contribution in [0.4, 0.5) is 24.5 Å². The van der Waals surface area contributed by atoms with Crippen LogP contribution in [0.3, 0.4) is 0 Å². The molecule has 0 saturated heterocycles. The van der Waals surface area contributed by atoms with E-state index >= 15 is 0 Å². The van der Waals surface area contributed by atoms with Crippen LogP contribution >= 0.6 is 0 Å². The number of halogens is 3. The number of nitrogens with one attached hydrogen (secondary N) is 2. The number of nitro benzene ring substituents is 1. The number of hydrogen-bond donors (Lipinski definition) is 2. The molecular formula is C18H14F3N3O6. The Balaban J connectivity index is 1.86. The maximum Gasteiger partial charge on any atom is 0.339 e. The van der Waals surface area contributed by atoms with E-state index in [1.54, 1.807) is 0 Å². The summed E-state index contributed by atoms with van der Waals surface area (Å²) in [5.41, 5.74) is -0.972. The lowest BCUT2D eigenvalue weighted by Gasteiger charge is -2.09. The van der Waals surface area contributed by atoms with E-state index in [1.807, 2.05) is 5.32 Å². The lowest BCUT2D eigenvalue weighted by atomic mass is 10.1. The lowest BCUT2D eigenvalue weighted by Crippen LogP contribution is -2.35. The largest absolute Gasteiger partial charge is 0.452 e. The second-order valence-electron chi connectivity index (χ2n) is 5.83. The molecular weight excluding hydrogens is 411 g/mol. The Bertz CT molecular complexity index is 1030. The van der Waals surface area contributed by atoms with Gasteiger partial charge in [0.15, 0.2) is 24.1 Å². The molecule has 2 rings (SSSR count). The van der Waals surface area contributed by atoms with E-state index in [-0.39, 0.29) is 16.8 Å². The maximum atomic E-state index is 13.5. The van der Waals surface area contributed by atoms with Gasteiger partial charge in [0.1, 0.15) is 0 Å². The first kappa shape index (κ1) is 22.3. The number of hydrogen-bond acceptors (Lipinski definition) is 6. The van der Waals surface area contributed by atoms with Gasteiger partial charge in [-0.25, -0.2) is 18.0 Å². The molecule has 30 heavy (non-hydrogen) atoms. The van der Waals surface area contributed by atoms with Crippen molar-refractivity contribution in [1.82, 2.24) is 5.32 Å². The second kappa shape index (κ2) is 9.49. The summed E-state index contributed by atoms with van der Waals surface area (Å²) in [5.74, 6) is -7.63. The monoisotopic (exact) mass is 425 g/mol. The van der Waals surface area contributed by atoms with Crippen molar-refractivity contribution >= 4 is 29.2 Å². The SMILES string of the molecule is Cc1c(C(=O)OCC(=O)NCC(=O)Nc2ccc(F)c(F)c2F)cccc1[N+](=O)[O-]. The van der Waals surface area contributed by atoms with Gasteiger partial charge in [-0.3, -0.25) is 19.7 Å². The van der Waals surface area contributed by atoms with Gasteiger partial charge in [-0.2, -0.15) is 0 Å². The predicted octanol–water partition coefficient (Wildman–Crippen LogP) is 2.23. The van der Waals surface area contributed by atoms with E-state index in [4.69, 9.17) is 4.74 Å². The quantitative estimate of drug-likeness (QED) is 0.303. The molecule has 12 heteroatoms. The Labute approximate surface area is 167 Å². The molecule has 2 aromatic carbocycles. The van der Waals surface area contributed by atoms with Crippen molar-refractivity contribution in [3.8, 4) is 0 Å². The third kappa shape index (κ3) is 5.31. The molecule has 0 saturated carbocycles. The highest BCUT2D eigenvalue weighted by Crippen LogP contribution is 2.22. The van der Waals surface area contributed by atoms with Crippen LogP contribution in [0.5, 0.6) is 0 Å². The van der Waals surface area contributed by atoms with E-state index in [0.29, 0.717) is 6.07 Å². The van der Waals surface area contributed by atoms with Gasteiger partial charge in [0, 0.05) is 11.6 Å². The zero-order valence-corrected chi connectivity index (χ0v) is 15.3. The van der Waals surface area contributed by atoms with Gasteiger partial charge in [-0.1, -0.05) is 6.07 Å². The zero-order valence-electron chi connectivity index (χ0n) is 15.3. The smallest absolute Gasteiger partial charge is 0.339 e. The van der Waals surface area contributed by atoms with Gasteiger partial charge in [0.2, 0.25) is 5.91 Å². The highest BCUT2D eigenvalue weighted by Gasteiger charge is 2.20. The summed E-state index contributed by atoms with van der Waals surface area (Å²) in [6, 6.07) is 5.18. The molecule has 0 heterocycles. The van der Waals surface area contributed by atoms with Crippen LogP contribution in [0.15, 0.2) is 30.3 Å². The summed E-state index contributed by atoms with van der Waals surface area (Å²) >= 11 is 0. The van der Waals surface area contributed by atoms with Gasteiger partial charge in [0.25, 0.3) is 11.6 Å². The molecule has 158 valence electrons. The molecule has 0 spiro atoms. The number of rotatable bonds is 7. The fourth-order valence-electron chi connectivity index (χ4n) is 2.30. The molecule has 0 aliphatic rings. The van der Waals surface area contributed by atoms with Crippen molar-refractivity contribution in [2.45, 2.75) is 6.92 Å². The molecule has 0 fully saturated rings. The van der Waals surface area contributed by atoms with Gasteiger partial charge in [-0.15, -0.1) is 0 Å². The number of amides is 2. The van der Waals surface area contributed by atoms with Gasteiger partial charge >= 0.3 is 5.97 Å². The first-order valence-electron chi connectivity index (χ1n) is 8.23. The summed E-state index contributed by atoms with van der Waals surface area (Å²) in [6.07, 6.45) is 0. The van der Waals surface area contributed by atoms with E-state index in [0.717, 1.165) is 6.07 Å². The summed E-state index contributed by atoms with van der Waals surface area (Å²) < 4.78 is 44.2. The topological polar surface area (TPSA) is 128 Å². The molecule has 0 unspecified atom stereocenters. The summed E-state index contributed by atoms with van der Waals surface area (Å²) in [6.45, 7) is -0.130. The van der Waals surface area contributed by atoms with Crippen molar-refractivity contribution in [3.05, 3.63) is 69.0 Å². The number of benzene rings is 2. The van der Waals surface area contributed by atoms with E-state index in [2.05, 4.69) is 5.32 Å². The number of nitrogens with zero attached hydrogens (tertiary/aromatic N) is 1. The average molecular weight is 425 g/mol. The number of anilines is 1. The molecule has 2 amide bonds. The van der Waals surface area contributed by atoms with Crippen LogP contribution in [0.1, 0.15) is 15.9 Å². The van der Waals surface area contributed by atoms with Crippen molar-refractivity contribution < 1.29 is 37.2 Å². The van der Waals surface area contributed by atoms with Crippen LogP contribution in [0, 0.1) is 34.5 Å². The molecule has 0 radical (unpaired) electrons. The van der Waals surface area contributed by atoms with Crippen LogP contribution < -0.4 is 10.6 Å². The number of ether oxygens (including phenoxy) is 1. The van der Waals surface area contributed by atoms with E-state index in [9.17, 15) is 37.7 Å². The molecule has 2 N–H and O–H groups in total. The maximum absolute atomic E-state index is 13.5. The summed E-state index contributed by atoms with van der Waals surface area (Å²) in [7, 11) is 0. The Kier molecular flexibility index (Phi) is 7.07. The van der Waals surface area contributed by atoms with Crippen LogP contribution in [0.2, 0.25) is 0 Å². The highest BCUT2D eigenvalue weighted by atomic mass is 19.2. The minimum atomic E-state index is -1.76. The van der Waals surface area contributed by atoms with Crippen molar-refractivity contribution in [1.29, 1.82) is 0 Å². The lowest BCUT2D eigenvalue weighted by molar-refractivity contribution is -0.385. The fraction of sp³-hybridized carbons (Fsp3) is 0.167. The Morgan fingerprint density at radius 3 is 2.43 bits per heavy atom. The van der Waals surface area contributed by atoms with Crippen molar-refractivity contribution in [3.63, 3.8) is 0 Å². The number of esters is 1. The normalized spacial score (nSPS) is 10.3.